The van der Waals surface area contributed by atoms with Crippen molar-refractivity contribution in [1.29, 1.82) is 0 Å². The van der Waals surface area contributed by atoms with Gasteiger partial charge in [0.2, 0.25) is 0 Å². The van der Waals surface area contributed by atoms with Crippen LogP contribution in [0.25, 0.3) is 0 Å². The lowest BCUT2D eigenvalue weighted by Gasteiger charge is -2.20. The lowest BCUT2D eigenvalue weighted by Crippen LogP contribution is -2.28. The predicted octanol–water partition coefficient (Wildman–Crippen LogP) is 2.63. The van der Waals surface area contributed by atoms with Crippen molar-refractivity contribution in [1.82, 2.24) is 0 Å². The number of rotatable bonds is 4. The molecule has 1 aromatic rings. The zero-order valence-electron chi connectivity index (χ0n) is 10.1. The highest BCUT2D eigenvalue weighted by Gasteiger charge is 2.23. The van der Waals surface area contributed by atoms with Gasteiger partial charge in [0.1, 0.15) is 12.2 Å². The zero-order valence-corrected chi connectivity index (χ0v) is 10.1. The van der Waals surface area contributed by atoms with Gasteiger partial charge in [-0.2, -0.15) is 0 Å². The quantitative estimate of drug-likeness (QED) is 0.603. The maximum Gasteiger partial charge on any atom is 0.310 e. The van der Waals surface area contributed by atoms with Crippen LogP contribution in [0.15, 0.2) is 55.1 Å². The molecular weight excluding hydrogens is 228 g/mol. The smallest absolute Gasteiger partial charge is 0.310 e. The molecule has 0 bridgehead atoms. The SMILES string of the molecule is C=C[C@H]1OC(=O)CC=C[C@@H]1OCc1ccccc1. The zero-order chi connectivity index (χ0) is 12.8. The average Bonchev–Trinajstić information content (AvgIpc) is 2.59. The van der Waals surface area contributed by atoms with Gasteiger partial charge >= 0.3 is 5.97 Å². The van der Waals surface area contributed by atoms with E-state index in [1.807, 2.05) is 36.4 Å². The molecule has 0 aliphatic carbocycles. The first-order valence-corrected chi connectivity index (χ1v) is 5.94. The summed E-state index contributed by atoms with van der Waals surface area (Å²) in [5, 5.41) is 0. The van der Waals surface area contributed by atoms with E-state index in [0.29, 0.717) is 6.61 Å². The van der Waals surface area contributed by atoms with E-state index < -0.39 is 6.10 Å². The highest BCUT2D eigenvalue weighted by Crippen LogP contribution is 2.15. The van der Waals surface area contributed by atoms with E-state index in [0.717, 1.165) is 5.56 Å². The van der Waals surface area contributed by atoms with Gasteiger partial charge in [-0.25, -0.2) is 0 Å². The topological polar surface area (TPSA) is 35.5 Å². The Morgan fingerprint density at radius 3 is 2.89 bits per heavy atom. The summed E-state index contributed by atoms with van der Waals surface area (Å²) in [6.45, 7) is 4.16. The number of hydrogen-bond donors (Lipinski definition) is 0. The lowest BCUT2D eigenvalue weighted by molar-refractivity contribution is -0.150. The number of carbonyl (C=O) groups excluding carboxylic acids is 1. The summed E-state index contributed by atoms with van der Waals surface area (Å²) in [6, 6.07) is 9.88. The van der Waals surface area contributed by atoms with E-state index in [2.05, 4.69) is 6.58 Å². The molecular formula is C15H16O3. The molecule has 3 heteroatoms. The number of benzene rings is 1. The van der Waals surface area contributed by atoms with Crippen molar-refractivity contribution < 1.29 is 14.3 Å². The van der Waals surface area contributed by atoms with Crippen LogP contribution < -0.4 is 0 Å². The van der Waals surface area contributed by atoms with Crippen LogP contribution in [0, 0.1) is 0 Å². The summed E-state index contributed by atoms with van der Waals surface area (Å²) in [5.74, 6) is -0.248. The fourth-order valence-electron chi connectivity index (χ4n) is 1.77. The summed E-state index contributed by atoms with van der Waals surface area (Å²) in [5.41, 5.74) is 1.09. The Morgan fingerprint density at radius 2 is 2.17 bits per heavy atom. The summed E-state index contributed by atoms with van der Waals surface area (Å²) in [6.07, 6.45) is 4.84. The summed E-state index contributed by atoms with van der Waals surface area (Å²) in [4.78, 5) is 11.3. The molecule has 0 saturated carbocycles. The van der Waals surface area contributed by atoms with Crippen LogP contribution in [-0.4, -0.2) is 18.2 Å². The minimum absolute atomic E-state index is 0.248. The first kappa shape index (κ1) is 12.6. The third kappa shape index (κ3) is 3.31. The molecule has 1 aliphatic heterocycles. The third-order valence-corrected chi connectivity index (χ3v) is 2.72. The molecule has 18 heavy (non-hydrogen) atoms. The van der Waals surface area contributed by atoms with Crippen molar-refractivity contribution in [3.8, 4) is 0 Å². The van der Waals surface area contributed by atoms with Gasteiger partial charge in [0.15, 0.2) is 0 Å². The van der Waals surface area contributed by atoms with Gasteiger partial charge in [-0.05, 0) is 11.6 Å². The highest BCUT2D eigenvalue weighted by molar-refractivity contribution is 5.72. The molecule has 0 spiro atoms. The van der Waals surface area contributed by atoms with Crippen molar-refractivity contribution in [3.63, 3.8) is 0 Å². The molecule has 0 amide bonds. The molecule has 0 aromatic heterocycles. The second kappa shape index (κ2) is 6.17. The van der Waals surface area contributed by atoms with Crippen molar-refractivity contribution in [2.75, 3.05) is 0 Å². The summed E-state index contributed by atoms with van der Waals surface area (Å²) < 4.78 is 11.0. The molecule has 0 fully saturated rings. The molecule has 1 aromatic carbocycles. The van der Waals surface area contributed by atoms with E-state index in [9.17, 15) is 4.79 Å². The molecule has 0 saturated heterocycles. The van der Waals surface area contributed by atoms with Gasteiger partial charge in [0.05, 0.1) is 13.0 Å². The molecule has 0 N–H and O–H groups in total. The third-order valence-electron chi connectivity index (χ3n) is 2.72. The molecule has 1 aliphatic rings. The second-order valence-corrected chi connectivity index (χ2v) is 4.08. The van der Waals surface area contributed by atoms with E-state index in [4.69, 9.17) is 9.47 Å². The Morgan fingerprint density at radius 1 is 1.39 bits per heavy atom. The largest absolute Gasteiger partial charge is 0.455 e. The van der Waals surface area contributed by atoms with E-state index >= 15 is 0 Å². The molecule has 2 rings (SSSR count). The normalized spacial score (nSPS) is 23.2. The summed E-state index contributed by atoms with van der Waals surface area (Å²) in [7, 11) is 0. The molecule has 94 valence electrons. The second-order valence-electron chi connectivity index (χ2n) is 4.08. The Kier molecular flexibility index (Phi) is 4.31. The fraction of sp³-hybridized carbons (Fsp3) is 0.267. The standard InChI is InChI=1S/C15H16O3/c1-2-13-14(9-6-10-15(16)18-13)17-11-12-7-4-3-5-8-12/h2-9,13-14H,1,10-11H2/t13-,14+/m1/s1. The summed E-state index contributed by atoms with van der Waals surface area (Å²) >= 11 is 0. The van der Waals surface area contributed by atoms with Gasteiger partial charge in [-0.3, -0.25) is 4.79 Å². The number of esters is 1. The lowest BCUT2D eigenvalue weighted by atomic mass is 10.2. The number of ether oxygens (including phenoxy) is 2. The maximum atomic E-state index is 11.3. The van der Waals surface area contributed by atoms with Crippen molar-refractivity contribution in [2.45, 2.75) is 25.2 Å². The van der Waals surface area contributed by atoms with Crippen LogP contribution in [-0.2, 0) is 20.9 Å². The Hall–Kier alpha value is -1.87. The molecule has 2 atom stereocenters. The van der Waals surface area contributed by atoms with E-state index in [1.165, 1.54) is 0 Å². The van der Waals surface area contributed by atoms with Gasteiger partial charge in [-0.1, -0.05) is 49.1 Å². The van der Waals surface area contributed by atoms with Gasteiger partial charge in [0.25, 0.3) is 0 Å². The minimum atomic E-state index is -0.417. The molecule has 0 radical (unpaired) electrons. The molecule has 3 nitrogen and oxygen atoms in total. The fourth-order valence-corrected chi connectivity index (χ4v) is 1.77. The van der Waals surface area contributed by atoms with E-state index in [1.54, 1.807) is 12.2 Å². The van der Waals surface area contributed by atoms with Crippen LogP contribution >= 0.6 is 0 Å². The number of hydrogen-bond acceptors (Lipinski definition) is 3. The Balaban J connectivity index is 1.98. The van der Waals surface area contributed by atoms with Gasteiger partial charge < -0.3 is 9.47 Å². The molecule has 0 unspecified atom stereocenters. The van der Waals surface area contributed by atoms with Crippen molar-refractivity contribution in [2.24, 2.45) is 0 Å². The first-order valence-electron chi connectivity index (χ1n) is 5.94. The van der Waals surface area contributed by atoms with Crippen molar-refractivity contribution >= 4 is 5.97 Å². The van der Waals surface area contributed by atoms with Crippen LogP contribution in [0.4, 0.5) is 0 Å². The van der Waals surface area contributed by atoms with Crippen LogP contribution in [0.5, 0.6) is 0 Å². The predicted molar refractivity (Wildman–Crippen MR) is 68.9 cm³/mol. The highest BCUT2D eigenvalue weighted by atomic mass is 16.6. The monoisotopic (exact) mass is 244 g/mol. The van der Waals surface area contributed by atoms with Gasteiger partial charge in [-0.15, -0.1) is 0 Å². The van der Waals surface area contributed by atoms with Gasteiger partial charge in [0, 0.05) is 0 Å². The van der Waals surface area contributed by atoms with Crippen LogP contribution in [0.2, 0.25) is 0 Å². The van der Waals surface area contributed by atoms with E-state index in [-0.39, 0.29) is 18.5 Å². The minimum Gasteiger partial charge on any atom is -0.455 e. The van der Waals surface area contributed by atoms with Crippen molar-refractivity contribution in [3.05, 3.63) is 60.7 Å². The Bertz CT molecular complexity index is 436. The van der Waals surface area contributed by atoms with Crippen LogP contribution in [0.3, 0.4) is 0 Å². The molecule has 1 heterocycles. The number of cyclic esters (lactones) is 1. The average molecular weight is 244 g/mol. The Labute approximate surface area is 107 Å². The first-order chi connectivity index (χ1) is 8.79. The van der Waals surface area contributed by atoms with Crippen LogP contribution in [0.1, 0.15) is 12.0 Å². The maximum absolute atomic E-state index is 11.3. The number of carbonyl (C=O) groups is 1.